The summed E-state index contributed by atoms with van der Waals surface area (Å²) in [6.45, 7) is 0. The third-order valence-corrected chi connectivity index (χ3v) is 4.24. The Morgan fingerprint density at radius 2 is 1.60 bits per heavy atom. The van der Waals surface area contributed by atoms with Crippen LogP contribution in [0.5, 0.6) is 0 Å². The third kappa shape index (κ3) is 4.65. The average molecular weight is 386 g/mol. The molecule has 0 fully saturated rings. The smallest absolute Gasteiger partial charge is 0.256 e. The van der Waals surface area contributed by atoms with Gasteiger partial charge in [-0.25, -0.2) is 0 Å². The van der Waals surface area contributed by atoms with Crippen LogP contribution in [0, 0.1) is 0 Å². The van der Waals surface area contributed by atoms with Gasteiger partial charge in [0.1, 0.15) is 0 Å². The summed E-state index contributed by atoms with van der Waals surface area (Å²) >= 11 is 5.99. The number of allylic oxidation sites excluding steroid dienone is 2. The topological polar surface area (TPSA) is 12.4 Å². The number of nitrogens with zero attached hydrogens (tertiary/aromatic N) is 1. The zero-order valence-corrected chi connectivity index (χ0v) is 14.8. The first-order valence-electron chi connectivity index (χ1n) is 7.53. The molecule has 0 saturated carbocycles. The summed E-state index contributed by atoms with van der Waals surface area (Å²) in [7, 11) is 0. The van der Waals surface area contributed by atoms with Crippen molar-refractivity contribution in [2.45, 2.75) is 19.0 Å². The SMILES string of the molecule is Cl.FC(F)(F)c1ccc(C2=NC(CCl)=C(Cc3ccccc3)C2)cc1. The molecule has 0 saturated heterocycles. The van der Waals surface area contributed by atoms with E-state index >= 15 is 0 Å². The molecule has 2 aromatic carbocycles. The van der Waals surface area contributed by atoms with Gasteiger partial charge in [-0.1, -0.05) is 42.5 Å². The van der Waals surface area contributed by atoms with E-state index in [0.717, 1.165) is 35.5 Å². The standard InChI is InChI=1S/C19H15ClF3N.ClH/c20-12-18-15(10-13-4-2-1-3-5-13)11-17(24-18)14-6-8-16(9-7-14)19(21,22)23;/h1-9H,10-12H2;1H. The van der Waals surface area contributed by atoms with E-state index in [-0.39, 0.29) is 12.4 Å². The van der Waals surface area contributed by atoms with Gasteiger partial charge in [-0.15, -0.1) is 24.0 Å². The predicted molar refractivity (Wildman–Crippen MR) is 97.7 cm³/mol. The molecule has 0 bridgehead atoms. The summed E-state index contributed by atoms with van der Waals surface area (Å²) in [5.41, 5.74) is 3.92. The van der Waals surface area contributed by atoms with Gasteiger partial charge in [0.25, 0.3) is 0 Å². The van der Waals surface area contributed by atoms with Gasteiger partial charge in [-0.2, -0.15) is 13.2 Å². The van der Waals surface area contributed by atoms with Crippen molar-refractivity contribution in [1.82, 2.24) is 0 Å². The maximum absolute atomic E-state index is 12.7. The average Bonchev–Trinajstić information content (AvgIpc) is 2.98. The van der Waals surface area contributed by atoms with Crippen LogP contribution in [0.1, 0.15) is 23.1 Å². The van der Waals surface area contributed by atoms with Crippen LogP contribution in [0.2, 0.25) is 0 Å². The summed E-state index contributed by atoms with van der Waals surface area (Å²) in [6.07, 6.45) is -2.97. The summed E-state index contributed by atoms with van der Waals surface area (Å²) in [5, 5.41) is 0. The van der Waals surface area contributed by atoms with E-state index in [4.69, 9.17) is 11.6 Å². The van der Waals surface area contributed by atoms with Crippen molar-refractivity contribution in [2.24, 2.45) is 4.99 Å². The fourth-order valence-corrected chi connectivity index (χ4v) is 2.98. The molecule has 25 heavy (non-hydrogen) atoms. The Kier molecular flexibility index (Phi) is 6.31. The van der Waals surface area contributed by atoms with E-state index in [9.17, 15) is 13.2 Å². The number of halogens is 5. The van der Waals surface area contributed by atoms with Gasteiger partial charge in [-0.3, -0.25) is 4.99 Å². The van der Waals surface area contributed by atoms with E-state index < -0.39 is 11.7 Å². The van der Waals surface area contributed by atoms with Gasteiger partial charge >= 0.3 is 6.18 Å². The summed E-state index contributed by atoms with van der Waals surface area (Å²) in [4.78, 5) is 4.53. The Bertz CT molecular complexity index is 779. The second kappa shape index (κ2) is 8.07. The quantitative estimate of drug-likeness (QED) is 0.567. The molecule has 1 aliphatic rings. The minimum atomic E-state index is -4.33. The Morgan fingerprint density at radius 3 is 2.16 bits per heavy atom. The number of rotatable bonds is 4. The monoisotopic (exact) mass is 385 g/mol. The summed E-state index contributed by atoms with van der Waals surface area (Å²) < 4.78 is 38.0. The van der Waals surface area contributed by atoms with Gasteiger partial charge < -0.3 is 0 Å². The first kappa shape index (κ1) is 19.5. The van der Waals surface area contributed by atoms with Crippen LogP contribution >= 0.6 is 24.0 Å². The van der Waals surface area contributed by atoms with Crippen molar-refractivity contribution in [3.05, 3.63) is 82.6 Å². The van der Waals surface area contributed by atoms with Crippen molar-refractivity contribution in [1.29, 1.82) is 0 Å². The molecular weight excluding hydrogens is 370 g/mol. The van der Waals surface area contributed by atoms with Gasteiger partial charge in [0.15, 0.2) is 0 Å². The number of hydrogen-bond donors (Lipinski definition) is 0. The number of alkyl halides is 4. The highest BCUT2D eigenvalue weighted by Gasteiger charge is 2.30. The van der Waals surface area contributed by atoms with Crippen LogP contribution < -0.4 is 0 Å². The normalized spacial score (nSPS) is 14.3. The molecule has 1 nitrogen and oxygen atoms in total. The predicted octanol–water partition coefficient (Wildman–Crippen LogP) is 6.06. The van der Waals surface area contributed by atoms with Gasteiger partial charge in [0.05, 0.1) is 22.9 Å². The lowest BCUT2D eigenvalue weighted by molar-refractivity contribution is -0.137. The van der Waals surface area contributed by atoms with Gasteiger partial charge in [0.2, 0.25) is 0 Å². The van der Waals surface area contributed by atoms with Crippen molar-refractivity contribution in [3.63, 3.8) is 0 Å². The highest BCUT2D eigenvalue weighted by molar-refractivity contribution is 6.20. The third-order valence-electron chi connectivity index (χ3n) is 3.99. The zero-order chi connectivity index (χ0) is 17.2. The Hall–Kier alpha value is -1.78. The first-order chi connectivity index (χ1) is 11.5. The fraction of sp³-hybridized carbons (Fsp3) is 0.211. The van der Waals surface area contributed by atoms with E-state index in [2.05, 4.69) is 4.99 Å². The maximum Gasteiger partial charge on any atom is 0.416 e. The van der Waals surface area contributed by atoms with Crippen LogP contribution in [0.4, 0.5) is 13.2 Å². The minimum Gasteiger partial charge on any atom is -0.256 e. The molecule has 2 aromatic rings. The molecular formula is C19H16Cl2F3N. The lowest BCUT2D eigenvalue weighted by Crippen LogP contribution is -2.06. The molecule has 6 heteroatoms. The first-order valence-corrected chi connectivity index (χ1v) is 8.07. The molecule has 0 aliphatic carbocycles. The van der Waals surface area contributed by atoms with Gasteiger partial charge in [0, 0.05) is 6.42 Å². The molecule has 1 heterocycles. The van der Waals surface area contributed by atoms with E-state index in [1.165, 1.54) is 17.7 Å². The molecule has 0 unspecified atom stereocenters. The maximum atomic E-state index is 12.7. The lowest BCUT2D eigenvalue weighted by atomic mass is 9.98. The molecule has 0 radical (unpaired) electrons. The Morgan fingerprint density at radius 1 is 0.960 bits per heavy atom. The highest BCUT2D eigenvalue weighted by Crippen LogP contribution is 2.31. The summed E-state index contributed by atoms with van der Waals surface area (Å²) in [6, 6.07) is 15.1. The molecule has 0 atom stereocenters. The fourth-order valence-electron chi connectivity index (χ4n) is 2.74. The Labute approximate surface area is 155 Å². The van der Waals surface area contributed by atoms with Crippen molar-refractivity contribution in [3.8, 4) is 0 Å². The molecule has 0 aromatic heterocycles. The van der Waals surface area contributed by atoms with Crippen LogP contribution in [-0.4, -0.2) is 11.6 Å². The van der Waals surface area contributed by atoms with Crippen LogP contribution in [-0.2, 0) is 12.6 Å². The minimum absolute atomic E-state index is 0. The van der Waals surface area contributed by atoms with Crippen molar-refractivity contribution in [2.75, 3.05) is 5.88 Å². The number of benzene rings is 2. The van der Waals surface area contributed by atoms with E-state index in [1.54, 1.807) is 0 Å². The van der Waals surface area contributed by atoms with Crippen molar-refractivity contribution < 1.29 is 13.2 Å². The Balaban J connectivity index is 0.00000225. The molecule has 0 amide bonds. The largest absolute Gasteiger partial charge is 0.416 e. The van der Waals surface area contributed by atoms with Crippen molar-refractivity contribution >= 4 is 29.7 Å². The number of hydrogen-bond acceptors (Lipinski definition) is 1. The molecule has 3 rings (SSSR count). The molecule has 0 N–H and O–H groups in total. The summed E-state index contributed by atoms with van der Waals surface area (Å²) in [5.74, 6) is 0.298. The van der Waals surface area contributed by atoms with Gasteiger partial charge in [-0.05, 0) is 35.3 Å². The van der Waals surface area contributed by atoms with Crippen LogP contribution in [0.3, 0.4) is 0 Å². The highest BCUT2D eigenvalue weighted by atomic mass is 35.5. The second-order valence-electron chi connectivity index (χ2n) is 5.66. The lowest BCUT2D eigenvalue weighted by Gasteiger charge is -2.08. The van der Waals surface area contributed by atoms with Crippen LogP contribution in [0.25, 0.3) is 0 Å². The molecule has 0 spiro atoms. The van der Waals surface area contributed by atoms with Crippen LogP contribution in [0.15, 0.2) is 70.9 Å². The molecule has 132 valence electrons. The second-order valence-corrected chi connectivity index (χ2v) is 5.92. The molecule has 1 aliphatic heterocycles. The van der Waals surface area contributed by atoms with E-state index in [1.807, 2.05) is 30.3 Å². The van der Waals surface area contributed by atoms with E-state index in [0.29, 0.717) is 17.9 Å². The number of aliphatic imine (C=N–C) groups is 1. The zero-order valence-electron chi connectivity index (χ0n) is 13.2.